The maximum absolute atomic E-state index is 14.1. The van der Waals surface area contributed by atoms with Gasteiger partial charge < -0.3 is 14.7 Å². The van der Waals surface area contributed by atoms with Gasteiger partial charge in [0.2, 0.25) is 5.89 Å². The molecule has 1 amide bonds. The number of carbonyl (C=O) groups excluding carboxylic acids is 1. The lowest BCUT2D eigenvalue weighted by Gasteiger charge is -2.14. The van der Waals surface area contributed by atoms with E-state index in [-0.39, 0.29) is 38.8 Å². The van der Waals surface area contributed by atoms with Gasteiger partial charge in [-0.15, -0.1) is 0 Å². The Hall–Kier alpha value is -4.45. The number of hydrogen-bond acceptors (Lipinski definition) is 6. The summed E-state index contributed by atoms with van der Waals surface area (Å²) >= 11 is 6.17. The van der Waals surface area contributed by atoms with Crippen LogP contribution in [-0.2, 0) is 6.18 Å². The molecular formula is C22H12ClF3N6O3. The first-order valence-electron chi connectivity index (χ1n) is 9.87. The molecule has 0 fully saturated rings. The fourth-order valence-corrected chi connectivity index (χ4v) is 3.81. The standard InChI is InChI=1S/C22H12ClF3N6O3/c23-15-8-11(9-29-17(15)21-28-6-7-35-21)31-20(34)14-10-30-32(18(14)22(24,25)26)16-3-1-2-13-12(16)4-5-27-19(13)33/h1-10H,(H,27,33)(H,31,34). The van der Waals surface area contributed by atoms with Crippen molar-refractivity contribution in [3.05, 3.63) is 88.0 Å². The Balaban J connectivity index is 1.55. The zero-order valence-electron chi connectivity index (χ0n) is 17.3. The van der Waals surface area contributed by atoms with Crippen LogP contribution in [0, 0.1) is 0 Å². The summed E-state index contributed by atoms with van der Waals surface area (Å²) in [4.78, 5) is 35.4. The first kappa shape index (κ1) is 22.3. The molecule has 1 aromatic carbocycles. The van der Waals surface area contributed by atoms with Gasteiger partial charge in [-0.25, -0.2) is 14.6 Å². The number of nitrogens with zero attached hydrogens (tertiary/aromatic N) is 4. The van der Waals surface area contributed by atoms with E-state index in [2.05, 4.69) is 25.4 Å². The Kier molecular flexibility index (Phi) is 5.36. The smallest absolute Gasteiger partial charge is 0.434 e. The predicted octanol–water partition coefficient (Wildman–Crippen LogP) is 4.69. The fourth-order valence-electron chi connectivity index (χ4n) is 3.56. The van der Waals surface area contributed by atoms with Crippen LogP contribution in [0.15, 0.2) is 70.6 Å². The van der Waals surface area contributed by atoms with Crippen LogP contribution in [0.5, 0.6) is 0 Å². The van der Waals surface area contributed by atoms with Crippen LogP contribution < -0.4 is 10.9 Å². The number of benzene rings is 1. The number of aromatic nitrogens is 5. The van der Waals surface area contributed by atoms with Crippen molar-refractivity contribution in [2.45, 2.75) is 6.18 Å². The van der Waals surface area contributed by atoms with Crippen molar-refractivity contribution in [3.8, 4) is 17.3 Å². The monoisotopic (exact) mass is 500 g/mol. The van der Waals surface area contributed by atoms with Crippen molar-refractivity contribution in [3.63, 3.8) is 0 Å². The van der Waals surface area contributed by atoms with Gasteiger partial charge in [-0.3, -0.25) is 9.59 Å². The molecule has 0 saturated heterocycles. The summed E-state index contributed by atoms with van der Waals surface area (Å²) in [7, 11) is 0. The Labute approximate surface area is 198 Å². The van der Waals surface area contributed by atoms with Gasteiger partial charge in [-0.05, 0) is 24.3 Å². The third kappa shape index (κ3) is 4.04. The number of fused-ring (bicyclic) bond motifs is 1. The summed E-state index contributed by atoms with van der Waals surface area (Å²) in [5.41, 5.74) is -2.27. The minimum Gasteiger partial charge on any atom is -0.443 e. The molecule has 4 heterocycles. The van der Waals surface area contributed by atoms with Gasteiger partial charge in [0.1, 0.15) is 12.0 Å². The van der Waals surface area contributed by atoms with Gasteiger partial charge >= 0.3 is 6.18 Å². The Morgan fingerprint density at radius 3 is 2.69 bits per heavy atom. The van der Waals surface area contributed by atoms with Gasteiger partial charge in [0, 0.05) is 17.0 Å². The van der Waals surface area contributed by atoms with E-state index >= 15 is 0 Å². The van der Waals surface area contributed by atoms with E-state index in [1.807, 2.05) is 0 Å². The molecule has 0 unspecified atom stereocenters. The second kappa shape index (κ2) is 8.40. The maximum Gasteiger partial charge on any atom is 0.434 e. The third-order valence-electron chi connectivity index (χ3n) is 5.04. The topological polar surface area (TPSA) is 119 Å². The van der Waals surface area contributed by atoms with Gasteiger partial charge in [0.25, 0.3) is 11.5 Å². The van der Waals surface area contributed by atoms with Crippen molar-refractivity contribution < 1.29 is 22.4 Å². The lowest BCUT2D eigenvalue weighted by molar-refractivity contribution is -0.143. The van der Waals surface area contributed by atoms with Crippen LogP contribution in [0.2, 0.25) is 5.02 Å². The highest BCUT2D eigenvalue weighted by Crippen LogP contribution is 2.35. The van der Waals surface area contributed by atoms with Crippen LogP contribution in [0.25, 0.3) is 28.0 Å². The van der Waals surface area contributed by atoms with Crippen molar-refractivity contribution in [1.29, 1.82) is 0 Å². The molecule has 9 nitrogen and oxygen atoms in total. The summed E-state index contributed by atoms with van der Waals surface area (Å²) in [6, 6.07) is 7.03. The number of rotatable bonds is 4. The molecule has 13 heteroatoms. The Morgan fingerprint density at radius 2 is 1.97 bits per heavy atom. The number of anilines is 1. The molecule has 0 bridgehead atoms. The average Bonchev–Trinajstić information content (AvgIpc) is 3.49. The molecule has 0 radical (unpaired) electrons. The van der Waals surface area contributed by atoms with E-state index in [0.29, 0.717) is 4.68 Å². The quantitative estimate of drug-likeness (QED) is 0.369. The molecule has 5 aromatic rings. The normalized spacial score (nSPS) is 11.7. The zero-order valence-corrected chi connectivity index (χ0v) is 18.1. The highest BCUT2D eigenvalue weighted by molar-refractivity contribution is 6.33. The van der Waals surface area contributed by atoms with E-state index < -0.39 is 28.9 Å². The van der Waals surface area contributed by atoms with Crippen LogP contribution >= 0.6 is 11.6 Å². The van der Waals surface area contributed by atoms with Crippen molar-refractivity contribution in [2.24, 2.45) is 0 Å². The molecular weight excluding hydrogens is 489 g/mol. The molecule has 2 N–H and O–H groups in total. The minimum atomic E-state index is -4.95. The summed E-state index contributed by atoms with van der Waals surface area (Å²) in [5, 5.41) is 6.64. The van der Waals surface area contributed by atoms with E-state index in [0.717, 1.165) is 6.20 Å². The maximum atomic E-state index is 14.1. The molecule has 0 saturated carbocycles. The SMILES string of the molecule is O=C(Nc1cnc(-c2ncco2)c(Cl)c1)c1cnn(-c2cccc3c(=O)[nH]ccc23)c1C(F)(F)F. The van der Waals surface area contributed by atoms with Crippen LogP contribution in [0.1, 0.15) is 16.1 Å². The second-order valence-electron chi connectivity index (χ2n) is 7.21. The van der Waals surface area contributed by atoms with Crippen molar-refractivity contribution >= 4 is 34.0 Å². The first-order chi connectivity index (χ1) is 16.7. The van der Waals surface area contributed by atoms with E-state index in [1.54, 1.807) is 0 Å². The Bertz CT molecular complexity index is 1630. The molecule has 0 atom stereocenters. The zero-order chi connectivity index (χ0) is 24.7. The molecule has 4 aromatic heterocycles. The number of pyridine rings is 2. The lowest BCUT2D eigenvalue weighted by Crippen LogP contribution is -2.21. The molecule has 5 rings (SSSR count). The van der Waals surface area contributed by atoms with Crippen molar-refractivity contribution in [1.82, 2.24) is 24.7 Å². The number of halogens is 4. The molecule has 0 aliphatic rings. The minimum absolute atomic E-state index is 0.0139. The number of nitrogens with one attached hydrogen (secondary N) is 2. The molecule has 35 heavy (non-hydrogen) atoms. The molecule has 0 aliphatic carbocycles. The summed E-state index contributed by atoms with van der Waals surface area (Å²) < 4.78 is 48.1. The van der Waals surface area contributed by atoms with Gasteiger partial charge in [-0.2, -0.15) is 18.3 Å². The average molecular weight is 501 g/mol. The number of hydrogen-bond donors (Lipinski definition) is 2. The molecule has 0 spiro atoms. The largest absolute Gasteiger partial charge is 0.443 e. The number of oxazole rings is 1. The Morgan fingerprint density at radius 1 is 1.14 bits per heavy atom. The third-order valence-corrected chi connectivity index (χ3v) is 5.32. The lowest BCUT2D eigenvalue weighted by atomic mass is 10.1. The second-order valence-corrected chi connectivity index (χ2v) is 7.61. The first-order valence-corrected chi connectivity index (χ1v) is 10.2. The molecule has 0 aliphatic heterocycles. The van der Waals surface area contributed by atoms with E-state index in [9.17, 15) is 22.8 Å². The predicted molar refractivity (Wildman–Crippen MR) is 119 cm³/mol. The fraction of sp³-hybridized carbons (Fsp3) is 0.0455. The summed E-state index contributed by atoms with van der Waals surface area (Å²) in [6.07, 6.45) is 1.10. The van der Waals surface area contributed by atoms with Crippen LogP contribution in [0.3, 0.4) is 0 Å². The highest BCUT2D eigenvalue weighted by Gasteiger charge is 2.41. The highest BCUT2D eigenvalue weighted by atomic mass is 35.5. The number of carbonyl (C=O) groups is 1. The van der Waals surface area contributed by atoms with Crippen molar-refractivity contribution in [2.75, 3.05) is 5.32 Å². The van der Waals surface area contributed by atoms with Gasteiger partial charge in [0.15, 0.2) is 5.69 Å². The summed E-state index contributed by atoms with van der Waals surface area (Å²) in [5.74, 6) is -0.939. The van der Waals surface area contributed by atoms with Gasteiger partial charge in [0.05, 0.1) is 40.6 Å². The number of H-pyrrole nitrogens is 1. The van der Waals surface area contributed by atoms with Crippen LogP contribution in [0.4, 0.5) is 18.9 Å². The summed E-state index contributed by atoms with van der Waals surface area (Å²) in [6.45, 7) is 0. The van der Waals surface area contributed by atoms with Crippen LogP contribution in [-0.4, -0.2) is 30.6 Å². The van der Waals surface area contributed by atoms with E-state index in [4.69, 9.17) is 16.0 Å². The van der Waals surface area contributed by atoms with E-state index in [1.165, 1.54) is 55.2 Å². The number of amides is 1. The van der Waals surface area contributed by atoms with Gasteiger partial charge in [-0.1, -0.05) is 17.7 Å². The number of aromatic amines is 1. The molecule has 176 valence electrons. The number of alkyl halides is 3.